The molecule has 2 unspecified atom stereocenters. The standard InChI is InChI=1S/C12H22N2OS/c1-5-9(13)10-8-16-11(14-10)12(4,6-2)15-7-3/h8-9H,5-7,13H2,1-4H3. The summed E-state index contributed by atoms with van der Waals surface area (Å²) in [6.07, 6.45) is 1.84. The van der Waals surface area contributed by atoms with Gasteiger partial charge in [-0.15, -0.1) is 11.3 Å². The molecule has 0 saturated heterocycles. The van der Waals surface area contributed by atoms with Crippen molar-refractivity contribution in [3.8, 4) is 0 Å². The Morgan fingerprint density at radius 3 is 2.69 bits per heavy atom. The van der Waals surface area contributed by atoms with E-state index in [0.717, 1.165) is 23.5 Å². The van der Waals surface area contributed by atoms with E-state index >= 15 is 0 Å². The molecule has 0 radical (unpaired) electrons. The summed E-state index contributed by atoms with van der Waals surface area (Å²) in [4.78, 5) is 4.61. The van der Waals surface area contributed by atoms with E-state index in [1.165, 1.54) is 0 Å². The summed E-state index contributed by atoms with van der Waals surface area (Å²) in [5, 5.41) is 3.09. The molecule has 92 valence electrons. The van der Waals surface area contributed by atoms with Gasteiger partial charge in [0.05, 0.1) is 5.69 Å². The Kier molecular flexibility index (Phi) is 4.89. The molecule has 0 fully saturated rings. The molecule has 16 heavy (non-hydrogen) atoms. The normalized spacial score (nSPS) is 17.1. The van der Waals surface area contributed by atoms with E-state index in [1.54, 1.807) is 11.3 Å². The van der Waals surface area contributed by atoms with E-state index in [1.807, 2.05) is 6.92 Å². The van der Waals surface area contributed by atoms with Crippen LogP contribution in [0, 0.1) is 0 Å². The highest BCUT2D eigenvalue weighted by molar-refractivity contribution is 7.09. The summed E-state index contributed by atoms with van der Waals surface area (Å²) in [5.74, 6) is 0. The van der Waals surface area contributed by atoms with E-state index in [4.69, 9.17) is 10.5 Å². The minimum absolute atomic E-state index is 0.0488. The Bertz CT molecular complexity index is 327. The second-order valence-electron chi connectivity index (χ2n) is 4.11. The molecule has 0 aliphatic carbocycles. The van der Waals surface area contributed by atoms with Crippen LogP contribution in [0.15, 0.2) is 5.38 Å². The van der Waals surface area contributed by atoms with Crippen LogP contribution in [-0.4, -0.2) is 11.6 Å². The van der Waals surface area contributed by atoms with Crippen molar-refractivity contribution < 1.29 is 4.74 Å². The largest absolute Gasteiger partial charge is 0.368 e. The number of hydrogen-bond donors (Lipinski definition) is 1. The van der Waals surface area contributed by atoms with Crippen molar-refractivity contribution in [1.82, 2.24) is 4.98 Å². The van der Waals surface area contributed by atoms with Gasteiger partial charge < -0.3 is 10.5 Å². The van der Waals surface area contributed by atoms with Gasteiger partial charge in [0.1, 0.15) is 10.6 Å². The van der Waals surface area contributed by atoms with Crippen molar-refractivity contribution in [3.05, 3.63) is 16.1 Å². The number of hydrogen-bond acceptors (Lipinski definition) is 4. The van der Waals surface area contributed by atoms with Crippen LogP contribution in [0.2, 0.25) is 0 Å². The van der Waals surface area contributed by atoms with Gasteiger partial charge in [-0.05, 0) is 26.7 Å². The maximum atomic E-state index is 5.97. The Labute approximate surface area is 102 Å². The van der Waals surface area contributed by atoms with Crippen molar-refractivity contribution in [2.45, 2.75) is 52.2 Å². The molecule has 3 nitrogen and oxygen atoms in total. The molecule has 1 heterocycles. The summed E-state index contributed by atoms with van der Waals surface area (Å²) in [5.41, 5.74) is 6.70. The molecule has 0 aromatic carbocycles. The van der Waals surface area contributed by atoms with Gasteiger partial charge in [0.15, 0.2) is 0 Å². The molecular formula is C12H22N2OS. The zero-order valence-corrected chi connectivity index (χ0v) is 11.4. The summed E-state index contributed by atoms with van der Waals surface area (Å²) in [6, 6.07) is 0.0488. The summed E-state index contributed by atoms with van der Waals surface area (Å²) in [6.45, 7) is 9.01. The second kappa shape index (κ2) is 5.75. The number of thiazole rings is 1. The number of rotatable bonds is 6. The van der Waals surface area contributed by atoms with Crippen molar-refractivity contribution in [2.75, 3.05) is 6.61 Å². The number of ether oxygens (including phenoxy) is 1. The van der Waals surface area contributed by atoms with Gasteiger partial charge in [0.25, 0.3) is 0 Å². The van der Waals surface area contributed by atoms with Crippen molar-refractivity contribution >= 4 is 11.3 Å². The van der Waals surface area contributed by atoms with Gasteiger partial charge in [-0.1, -0.05) is 13.8 Å². The predicted octanol–water partition coefficient (Wildman–Crippen LogP) is 3.21. The predicted molar refractivity (Wildman–Crippen MR) is 68.6 cm³/mol. The van der Waals surface area contributed by atoms with Crippen LogP contribution in [0.1, 0.15) is 57.3 Å². The summed E-state index contributed by atoms with van der Waals surface area (Å²) < 4.78 is 5.80. The van der Waals surface area contributed by atoms with Crippen LogP contribution in [-0.2, 0) is 10.3 Å². The fourth-order valence-corrected chi connectivity index (χ4v) is 2.61. The lowest BCUT2D eigenvalue weighted by Crippen LogP contribution is -2.25. The van der Waals surface area contributed by atoms with E-state index in [-0.39, 0.29) is 11.6 Å². The highest BCUT2D eigenvalue weighted by Gasteiger charge is 2.28. The first-order chi connectivity index (χ1) is 7.57. The molecule has 0 saturated carbocycles. The monoisotopic (exact) mass is 242 g/mol. The molecule has 0 aliphatic rings. The molecule has 0 amide bonds. The number of nitrogens with zero attached hydrogens (tertiary/aromatic N) is 1. The first-order valence-corrected chi connectivity index (χ1v) is 6.80. The third-order valence-electron chi connectivity index (χ3n) is 2.93. The third-order valence-corrected chi connectivity index (χ3v) is 4.04. The maximum absolute atomic E-state index is 5.97. The summed E-state index contributed by atoms with van der Waals surface area (Å²) >= 11 is 1.65. The average Bonchev–Trinajstić information content (AvgIpc) is 2.78. The summed E-state index contributed by atoms with van der Waals surface area (Å²) in [7, 11) is 0. The molecule has 1 aromatic heterocycles. The van der Waals surface area contributed by atoms with Gasteiger partial charge in [0, 0.05) is 18.0 Å². The fourth-order valence-electron chi connectivity index (χ4n) is 1.54. The Hall–Kier alpha value is -0.450. The lowest BCUT2D eigenvalue weighted by molar-refractivity contribution is -0.0325. The van der Waals surface area contributed by atoms with Crippen LogP contribution in [0.3, 0.4) is 0 Å². The van der Waals surface area contributed by atoms with E-state index in [0.29, 0.717) is 6.61 Å². The molecule has 2 N–H and O–H groups in total. The third kappa shape index (κ3) is 2.81. The van der Waals surface area contributed by atoms with Crippen LogP contribution < -0.4 is 5.73 Å². The van der Waals surface area contributed by atoms with E-state index in [2.05, 4.69) is 31.1 Å². The molecule has 0 spiro atoms. The van der Waals surface area contributed by atoms with Crippen LogP contribution in [0.25, 0.3) is 0 Å². The van der Waals surface area contributed by atoms with Crippen LogP contribution >= 0.6 is 11.3 Å². The zero-order chi connectivity index (χ0) is 12.2. The fraction of sp³-hybridized carbons (Fsp3) is 0.750. The Morgan fingerprint density at radius 1 is 1.50 bits per heavy atom. The van der Waals surface area contributed by atoms with Crippen molar-refractivity contribution in [3.63, 3.8) is 0 Å². The maximum Gasteiger partial charge on any atom is 0.125 e. The highest BCUT2D eigenvalue weighted by atomic mass is 32.1. The van der Waals surface area contributed by atoms with Crippen LogP contribution in [0.4, 0.5) is 0 Å². The van der Waals surface area contributed by atoms with Crippen LogP contribution in [0.5, 0.6) is 0 Å². The highest BCUT2D eigenvalue weighted by Crippen LogP contribution is 2.32. The van der Waals surface area contributed by atoms with Gasteiger partial charge >= 0.3 is 0 Å². The number of aromatic nitrogens is 1. The van der Waals surface area contributed by atoms with Gasteiger partial charge in [-0.2, -0.15) is 0 Å². The van der Waals surface area contributed by atoms with E-state index in [9.17, 15) is 0 Å². The minimum atomic E-state index is -0.259. The zero-order valence-electron chi connectivity index (χ0n) is 10.6. The molecule has 0 aliphatic heterocycles. The first-order valence-electron chi connectivity index (χ1n) is 5.92. The molecule has 2 atom stereocenters. The minimum Gasteiger partial charge on any atom is -0.368 e. The van der Waals surface area contributed by atoms with Gasteiger partial charge in [-0.3, -0.25) is 0 Å². The topological polar surface area (TPSA) is 48.1 Å². The van der Waals surface area contributed by atoms with Gasteiger partial charge in [-0.25, -0.2) is 4.98 Å². The Morgan fingerprint density at radius 2 is 2.19 bits per heavy atom. The molecule has 4 heteroatoms. The SMILES string of the molecule is CCOC(C)(CC)c1nc(C(N)CC)cs1. The van der Waals surface area contributed by atoms with E-state index < -0.39 is 0 Å². The molecule has 0 bridgehead atoms. The lowest BCUT2D eigenvalue weighted by Gasteiger charge is -2.25. The van der Waals surface area contributed by atoms with Crippen molar-refractivity contribution in [1.29, 1.82) is 0 Å². The quantitative estimate of drug-likeness (QED) is 0.833. The second-order valence-corrected chi connectivity index (χ2v) is 4.97. The average molecular weight is 242 g/mol. The van der Waals surface area contributed by atoms with Crippen molar-refractivity contribution in [2.24, 2.45) is 5.73 Å². The molecule has 1 aromatic rings. The van der Waals surface area contributed by atoms with Gasteiger partial charge in [0.2, 0.25) is 0 Å². The first kappa shape index (κ1) is 13.6. The number of nitrogens with two attached hydrogens (primary N) is 1. The molecular weight excluding hydrogens is 220 g/mol. The smallest absolute Gasteiger partial charge is 0.125 e. The molecule has 1 rings (SSSR count). The lowest BCUT2D eigenvalue weighted by atomic mass is 10.0. The Balaban J connectivity index is 2.90.